The molecule has 0 aliphatic heterocycles. The van der Waals surface area contributed by atoms with Crippen LogP contribution in [0.1, 0.15) is 36.8 Å². The number of benzene rings is 2. The summed E-state index contributed by atoms with van der Waals surface area (Å²) in [6.45, 7) is 0. The van der Waals surface area contributed by atoms with Gasteiger partial charge >= 0.3 is 0 Å². The quantitative estimate of drug-likeness (QED) is 0.193. The molecular weight excluding hydrogens is 416 g/mol. The van der Waals surface area contributed by atoms with Crippen LogP contribution in [0, 0.1) is 0 Å². The third kappa shape index (κ3) is 3.86. The molecule has 4 heterocycles. The molecule has 34 heavy (non-hydrogen) atoms. The van der Waals surface area contributed by atoms with Crippen molar-refractivity contribution in [1.82, 2.24) is 19.9 Å². The lowest BCUT2D eigenvalue weighted by atomic mass is 9.97. The van der Waals surface area contributed by atoms with Gasteiger partial charge in [0.1, 0.15) is 0 Å². The minimum atomic E-state index is 0.995. The van der Waals surface area contributed by atoms with Crippen molar-refractivity contribution in [2.75, 3.05) is 0 Å². The number of fused-ring (bicyclic) bond motifs is 6. The van der Waals surface area contributed by atoms with Crippen molar-refractivity contribution in [2.24, 2.45) is 0 Å². The lowest BCUT2D eigenvalue weighted by Crippen LogP contribution is -1.94. The summed E-state index contributed by atoms with van der Waals surface area (Å²) in [6, 6.07) is 21.3. The summed E-state index contributed by atoms with van der Waals surface area (Å²) in [4.78, 5) is 18.4. The molecule has 4 aromatic heterocycles. The largest absolute Gasteiger partial charge is 0.254 e. The van der Waals surface area contributed by atoms with Crippen LogP contribution in [0.3, 0.4) is 0 Å². The Kier molecular flexibility index (Phi) is 5.56. The Balaban J connectivity index is 1.13. The molecule has 0 aliphatic carbocycles. The number of rotatable bonds is 7. The second-order valence-corrected chi connectivity index (χ2v) is 8.93. The maximum absolute atomic E-state index is 4.64. The predicted octanol–water partition coefficient (Wildman–Crippen LogP) is 7.23. The first-order valence-corrected chi connectivity index (χ1v) is 12.1. The molecule has 6 rings (SSSR count). The monoisotopic (exact) mass is 442 g/mol. The van der Waals surface area contributed by atoms with Crippen LogP contribution in [0.5, 0.6) is 0 Å². The van der Waals surface area contributed by atoms with Crippen LogP contribution < -0.4 is 0 Å². The normalized spacial score (nSPS) is 11.6. The molecule has 0 amide bonds. The zero-order valence-electron chi connectivity index (χ0n) is 19.1. The smallest absolute Gasteiger partial charge is 0.0967 e. The van der Waals surface area contributed by atoms with Gasteiger partial charge in [0.15, 0.2) is 0 Å². The van der Waals surface area contributed by atoms with E-state index < -0.39 is 0 Å². The van der Waals surface area contributed by atoms with Gasteiger partial charge < -0.3 is 0 Å². The number of nitrogens with zero attached hydrogens (tertiary/aromatic N) is 4. The Morgan fingerprint density at radius 3 is 1.32 bits per heavy atom. The summed E-state index contributed by atoms with van der Waals surface area (Å²) in [5, 5.41) is 4.82. The summed E-state index contributed by atoms with van der Waals surface area (Å²) < 4.78 is 0. The third-order valence-corrected chi connectivity index (χ3v) is 6.74. The highest BCUT2D eigenvalue weighted by Crippen LogP contribution is 2.28. The Hall–Kier alpha value is -3.92. The summed E-state index contributed by atoms with van der Waals surface area (Å²) in [5.74, 6) is 0. The zero-order chi connectivity index (χ0) is 22.7. The van der Waals surface area contributed by atoms with Crippen LogP contribution in [0.4, 0.5) is 0 Å². The fourth-order valence-electron chi connectivity index (χ4n) is 5.10. The van der Waals surface area contributed by atoms with E-state index in [1.54, 1.807) is 0 Å². The SMILES string of the molecule is c1cnc2c(c1)cc(CCCCCCc1cc3cccnc3c3ncccc13)c1cccnc12. The van der Waals surface area contributed by atoms with Gasteiger partial charge in [0.05, 0.1) is 22.1 Å². The molecule has 0 spiro atoms. The molecule has 6 aromatic rings. The molecule has 166 valence electrons. The highest BCUT2D eigenvalue weighted by atomic mass is 14.7. The van der Waals surface area contributed by atoms with Gasteiger partial charge in [-0.1, -0.05) is 37.1 Å². The van der Waals surface area contributed by atoms with E-state index in [0.29, 0.717) is 0 Å². The van der Waals surface area contributed by atoms with Gasteiger partial charge in [0.25, 0.3) is 0 Å². The molecule has 0 bridgehead atoms. The second kappa shape index (κ2) is 9.14. The topological polar surface area (TPSA) is 51.6 Å². The van der Waals surface area contributed by atoms with Crippen molar-refractivity contribution in [3.63, 3.8) is 0 Å². The number of pyridine rings is 4. The summed E-state index contributed by atoms with van der Waals surface area (Å²) >= 11 is 0. The number of hydrogen-bond acceptors (Lipinski definition) is 4. The first kappa shape index (κ1) is 20.7. The third-order valence-electron chi connectivity index (χ3n) is 6.74. The van der Waals surface area contributed by atoms with Crippen LogP contribution in [0.2, 0.25) is 0 Å². The maximum Gasteiger partial charge on any atom is 0.0967 e. The molecule has 0 saturated heterocycles. The highest BCUT2D eigenvalue weighted by molar-refractivity contribution is 6.05. The number of aryl methyl sites for hydroxylation is 2. The van der Waals surface area contributed by atoms with Gasteiger partial charge in [0.2, 0.25) is 0 Å². The fourth-order valence-corrected chi connectivity index (χ4v) is 5.10. The highest BCUT2D eigenvalue weighted by Gasteiger charge is 2.10. The van der Waals surface area contributed by atoms with Crippen LogP contribution in [-0.2, 0) is 12.8 Å². The predicted molar refractivity (Wildman–Crippen MR) is 140 cm³/mol. The number of unbranched alkanes of at least 4 members (excludes halogenated alkanes) is 3. The summed E-state index contributed by atoms with van der Waals surface area (Å²) in [6.07, 6.45) is 14.4. The van der Waals surface area contributed by atoms with E-state index in [1.165, 1.54) is 58.4 Å². The van der Waals surface area contributed by atoms with Gasteiger partial charge in [-0.25, -0.2) is 0 Å². The van der Waals surface area contributed by atoms with Gasteiger partial charge in [-0.05, 0) is 73.2 Å². The molecule has 2 aromatic carbocycles. The molecule has 0 unspecified atom stereocenters. The standard InChI is InChI=1S/C30H26N4/c1(3-9-21-19-23-11-5-15-31-27(23)29-25(21)13-7-17-33-29)2-4-10-22-20-24-12-6-16-32-28(24)30-26(22)14-8-18-34-30/h5-8,11-20H,1-4,9-10H2. The van der Waals surface area contributed by atoms with Crippen molar-refractivity contribution < 1.29 is 0 Å². The maximum atomic E-state index is 4.64. The Morgan fingerprint density at radius 2 is 0.853 bits per heavy atom. The first-order valence-electron chi connectivity index (χ1n) is 12.1. The van der Waals surface area contributed by atoms with Crippen LogP contribution in [-0.4, -0.2) is 19.9 Å². The van der Waals surface area contributed by atoms with Crippen molar-refractivity contribution >= 4 is 43.6 Å². The zero-order valence-corrected chi connectivity index (χ0v) is 19.1. The lowest BCUT2D eigenvalue weighted by Gasteiger charge is -2.10. The van der Waals surface area contributed by atoms with E-state index in [0.717, 1.165) is 34.9 Å². The average Bonchev–Trinajstić information content (AvgIpc) is 2.90. The van der Waals surface area contributed by atoms with Gasteiger partial charge in [-0.2, -0.15) is 0 Å². The number of aromatic nitrogens is 4. The van der Waals surface area contributed by atoms with E-state index >= 15 is 0 Å². The van der Waals surface area contributed by atoms with Gasteiger partial charge in [-0.15, -0.1) is 0 Å². The average molecular weight is 443 g/mol. The Bertz CT molecular complexity index is 1500. The summed E-state index contributed by atoms with van der Waals surface area (Å²) in [5.41, 5.74) is 6.78. The van der Waals surface area contributed by atoms with Gasteiger partial charge in [0, 0.05) is 46.3 Å². The van der Waals surface area contributed by atoms with Gasteiger partial charge in [-0.3, -0.25) is 19.9 Å². The molecule has 0 N–H and O–H groups in total. The van der Waals surface area contributed by atoms with Crippen molar-refractivity contribution in [3.05, 3.63) is 96.6 Å². The molecule has 0 radical (unpaired) electrons. The molecule has 0 saturated carbocycles. The van der Waals surface area contributed by atoms with E-state index in [4.69, 9.17) is 0 Å². The second-order valence-electron chi connectivity index (χ2n) is 8.93. The first-order chi connectivity index (χ1) is 16.9. The van der Waals surface area contributed by atoms with Crippen molar-refractivity contribution in [1.29, 1.82) is 0 Å². The van der Waals surface area contributed by atoms with Crippen LogP contribution in [0.25, 0.3) is 43.6 Å². The fraction of sp³-hybridized carbons (Fsp3) is 0.200. The van der Waals surface area contributed by atoms with E-state index in [1.807, 2.05) is 49.1 Å². The molecule has 0 atom stereocenters. The van der Waals surface area contributed by atoms with Crippen LogP contribution in [0.15, 0.2) is 85.5 Å². The number of hydrogen-bond donors (Lipinski definition) is 0. The van der Waals surface area contributed by atoms with E-state index in [-0.39, 0.29) is 0 Å². The van der Waals surface area contributed by atoms with E-state index in [9.17, 15) is 0 Å². The minimum absolute atomic E-state index is 0.995. The lowest BCUT2D eigenvalue weighted by molar-refractivity contribution is 0.643. The Labute approximate surface area is 198 Å². The Morgan fingerprint density at radius 1 is 0.441 bits per heavy atom. The molecule has 4 heteroatoms. The molecule has 0 fully saturated rings. The molecular formula is C30H26N4. The van der Waals surface area contributed by atoms with E-state index in [2.05, 4.69) is 56.3 Å². The van der Waals surface area contributed by atoms with Crippen LogP contribution >= 0.6 is 0 Å². The minimum Gasteiger partial charge on any atom is -0.254 e. The molecule has 4 nitrogen and oxygen atoms in total. The molecule has 0 aliphatic rings. The van der Waals surface area contributed by atoms with Crippen molar-refractivity contribution in [3.8, 4) is 0 Å². The summed E-state index contributed by atoms with van der Waals surface area (Å²) in [7, 11) is 0. The van der Waals surface area contributed by atoms with Crippen molar-refractivity contribution in [2.45, 2.75) is 38.5 Å².